The van der Waals surface area contributed by atoms with Crippen molar-refractivity contribution in [2.45, 2.75) is 42.9 Å². The number of anilines is 1. The van der Waals surface area contributed by atoms with E-state index in [0.717, 1.165) is 37.2 Å². The molecule has 0 aromatic heterocycles. The van der Waals surface area contributed by atoms with Crippen LogP contribution in [-0.2, 0) is 14.9 Å². The van der Waals surface area contributed by atoms with E-state index in [1.54, 1.807) is 12.1 Å². The van der Waals surface area contributed by atoms with Gasteiger partial charge in [-0.3, -0.25) is 19.8 Å². The summed E-state index contributed by atoms with van der Waals surface area (Å²) in [4.78, 5) is 29.0. The number of hydrogen-bond donors (Lipinski definition) is 0. The Morgan fingerprint density at radius 3 is 3.07 bits per heavy atom. The maximum atomic E-state index is 13.3. The van der Waals surface area contributed by atoms with Gasteiger partial charge in [0.1, 0.15) is 0 Å². The predicted molar refractivity (Wildman–Crippen MR) is 100 cm³/mol. The third-order valence-corrected chi connectivity index (χ3v) is 8.50. The zero-order chi connectivity index (χ0) is 18.8. The van der Waals surface area contributed by atoms with Crippen LogP contribution in [0.4, 0.5) is 11.4 Å². The lowest BCUT2D eigenvalue weighted by Crippen LogP contribution is -2.69. The van der Waals surface area contributed by atoms with Gasteiger partial charge in [0.25, 0.3) is 5.69 Å². The summed E-state index contributed by atoms with van der Waals surface area (Å²) in [5, 5.41) is 11.5. The molecule has 0 radical (unpaired) electrons. The van der Waals surface area contributed by atoms with Crippen LogP contribution in [0.1, 0.15) is 24.8 Å². The van der Waals surface area contributed by atoms with Crippen molar-refractivity contribution >= 4 is 17.3 Å². The first-order chi connectivity index (χ1) is 13.6. The van der Waals surface area contributed by atoms with E-state index < -0.39 is 0 Å². The summed E-state index contributed by atoms with van der Waals surface area (Å²) in [5.41, 5.74) is 3.35. The molecule has 2 bridgehead atoms. The molecular formula is C21H21N3O4. The van der Waals surface area contributed by atoms with Gasteiger partial charge in [-0.1, -0.05) is 11.6 Å². The molecule has 1 aromatic carbocycles. The number of nitro groups is 1. The summed E-state index contributed by atoms with van der Waals surface area (Å²) < 4.78 is 6.20. The summed E-state index contributed by atoms with van der Waals surface area (Å²) in [5.74, 6) is 0.861. The molecule has 1 aliphatic carbocycles. The Morgan fingerprint density at radius 1 is 1.32 bits per heavy atom. The third-order valence-electron chi connectivity index (χ3n) is 8.50. The number of ether oxygens (including phenoxy) is 1. The predicted octanol–water partition coefficient (Wildman–Crippen LogP) is 2.00. The summed E-state index contributed by atoms with van der Waals surface area (Å²) in [6.45, 7) is 2.57. The topological polar surface area (TPSA) is 75.9 Å². The third kappa shape index (κ3) is 1.56. The standard InChI is InChI=1S/C21H21N3O4/c25-18-9-16-19-13-8-17-21(4-5-22(17)10-11(13)3-6-28-16)14-7-12(24(26)27)1-2-15(14)23(18)20(19)21/h1-3,7,13,16-17,19-20H,4-6,8-10H2/t13-,16-,17+,19-,20-,21+/m0/s1. The van der Waals surface area contributed by atoms with Crippen LogP contribution in [0, 0.1) is 22.0 Å². The van der Waals surface area contributed by atoms with Gasteiger partial charge in [0.05, 0.1) is 30.1 Å². The molecule has 28 heavy (non-hydrogen) atoms. The van der Waals surface area contributed by atoms with Crippen molar-refractivity contribution in [2.24, 2.45) is 11.8 Å². The highest BCUT2D eigenvalue weighted by Crippen LogP contribution is 2.65. The van der Waals surface area contributed by atoms with Gasteiger partial charge in [-0.2, -0.15) is 0 Å². The van der Waals surface area contributed by atoms with Crippen LogP contribution in [0.5, 0.6) is 0 Å². The fraction of sp³-hybridized carbons (Fsp3) is 0.571. The van der Waals surface area contributed by atoms with E-state index in [1.165, 1.54) is 5.57 Å². The molecule has 3 saturated heterocycles. The molecule has 1 amide bonds. The highest BCUT2D eigenvalue weighted by Gasteiger charge is 2.71. The summed E-state index contributed by atoms with van der Waals surface area (Å²) in [6.07, 6.45) is 4.67. The van der Waals surface area contributed by atoms with Crippen molar-refractivity contribution in [3.63, 3.8) is 0 Å². The van der Waals surface area contributed by atoms with Crippen molar-refractivity contribution in [1.82, 2.24) is 4.90 Å². The first-order valence-corrected chi connectivity index (χ1v) is 10.2. The number of nitrogens with zero attached hydrogens (tertiary/aromatic N) is 3. The lowest BCUT2D eigenvalue weighted by molar-refractivity contribution is -0.384. The molecule has 1 saturated carbocycles. The number of rotatable bonds is 1. The molecule has 7 nitrogen and oxygen atoms in total. The number of piperidine rings is 2. The van der Waals surface area contributed by atoms with Crippen LogP contribution in [0.25, 0.3) is 0 Å². The maximum Gasteiger partial charge on any atom is 0.269 e. The monoisotopic (exact) mass is 379 g/mol. The van der Waals surface area contributed by atoms with Crippen molar-refractivity contribution in [3.05, 3.63) is 45.5 Å². The molecule has 0 unspecified atom stereocenters. The Hall–Kier alpha value is -2.25. The van der Waals surface area contributed by atoms with Gasteiger partial charge in [-0.05, 0) is 36.9 Å². The smallest absolute Gasteiger partial charge is 0.269 e. The summed E-state index contributed by atoms with van der Waals surface area (Å²) in [7, 11) is 0. The highest BCUT2D eigenvalue weighted by molar-refractivity contribution is 5.99. The second-order valence-corrected chi connectivity index (χ2v) is 9.22. The number of benzene rings is 1. The molecule has 6 atom stereocenters. The molecule has 144 valence electrons. The van der Waals surface area contributed by atoms with Gasteiger partial charge < -0.3 is 9.64 Å². The average Bonchev–Trinajstić information content (AvgIpc) is 3.15. The van der Waals surface area contributed by atoms with E-state index in [4.69, 9.17) is 4.74 Å². The van der Waals surface area contributed by atoms with Crippen LogP contribution in [-0.4, -0.2) is 53.6 Å². The number of carbonyl (C=O) groups is 1. The van der Waals surface area contributed by atoms with Gasteiger partial charge >= 0.3 is 0 Å². The molecule has 7 heteroatoms. The molecule has 5 heterocycles. The molecular weight excluding hydrogens is 358 g/mol. The fourth-order valence-corrected chi connectivity index (χ4v) is 7.65. The Kier molecular flexibility index (Phi) is 2.70. The lowest BCUT2D eigenvalue weighted by atomic mass is 9.53. The zero-order valence-electron chi connectivity index (χ0n) is 15.4. The van der Waals surface area contributed by atoms with Crippen LogP contribution >= 0.6 is 0 Å². The number of non-ortho nitro benzene ring substituents is 1. The van der Waals surface area contributed by atoms with Crippen LogP contribution in [0.15, 0.2) is 29.8 Å². The Bertz CT molecular complexity index is 990. The van der Waals surface area contributed by atoms with Gasteiger partial charge in [-0.25, -0.2) is 0 Å². The molecule has 1 spiro atoms. The van der Waals surface area contributed by atoms with E-state index >= 15 is 0 Å². The Balaban J connectivity index is 1.52. The van der Waals surface area contributed by atoms with Crippen molar-refractivity contribution in [2.75, 3.05) is 24.6 Å². The first kappa shape index (κ1) is 15.6. The molecule has 6 aliphatic rings. The summed E-state index contributed by atoms with van der Waals surface area (Å²) in [6, 6.07) is 5.56. The number of amides is 1. The van der Waals surface area contributed by atoms with Crippen molar-refractivity contribution in [3.8, 4) is 0 Å². The van der Waals surface area contributed by atoms with Gasteiger partial charge in [0.15, 0.2) is 0 Å². The van der Waals surface area contributed by atoms with Crippen LogP contribution in [0.3, 0.4) is 0 Å². The molecule has 1 aromatic rings. The molecule has 7 rings (SSSR count). The lowest BCUT2D eigenvalue weighted by Gasteiger charge is -2.58. The number of hydrogen-bond acceptors (Lipinski definition) is 5. The zero-order valence-corrected chi connectivity index (χ0v) is 15.4. The average molecular weight is 379 g/mol. The normalized spacial score (nSPS) is 42.1. The number of fused-ring (bicyclic) bond motifs is 2. The first-order valence-electron chi connectivity index (χ1n) is 10.2. The molecule has 5 aliphatic heterocycles. The minimum atomic E-state index is -0.312. The van der Waals surface area contributed by atoms with E-state index in [9.17, 15) is 14.9 Å². The maximum absolute atomic E-state index is 13.3. The number of nitro benzene ring substituents is 1. The Morgan fingerprint density at radius 2 is 2.21 bits per heavy atom. The second-order valence-electron chi connectivity index (χ2n) is 9.22. The van der Waals surface area contributed by atoms with E-state index in [1.807, 2.05) is 11.0 Å². The van der Waals surface area contributed by atoms with E-state index in [-0.39, 0.29) is 40.0 Å². The van der Waals surface area contributed by atoms with Crippen LogP contribution < -0.4 is 4.90 Å². The van der Waals surface area contributed by atoms with Gasteiger partial charge in [-0.15, -0.1) is 0 Å². The fourth-order valence-electron chi connectivity index (χ4n) is 7.65. The summed E-state index contributed by atoms with van der Waals surface area (Å²) >= 11 is 0. The van der Waals surface area contributed by atoms with E-state index in [0.29, 0.717) is 25.0 Å². The SMILES string of the molecule is O=C1C[C@@H]2OCC=C3CN4CC[C@]56c7cc([N+](=O)[O-])ccc7N1[C@H]5[C@H]2[C@H]3C[C@@H]46. The van der Waals surface area contributed by atoms with E-state index in [2.05, 4.69) is 11.0 Å². The van der Waals surface area contributed by atoms with Crippen molar-refractivity contribution in [1.29, 1.82) is 0 Å². The highest BCUT2D eigenvalue weighted by atomic mass is 16.6. The van der Waals surface area contributed by atoms with Gasteiger partial charge in [0, 0.05) is 41.7 Å². The second kappa shape index (κ2) is 4.83. The van der Waals surface area contributed by atoms with Crippen molar-refractivity contribution < 1.29 is 14.5 Å². The molecule has 4 fully saturated rings. The minimum Gasteiger partial charge on any atom is -0.373 e. The minimum absolute atomic E-state index is 0.0400. The van der Waals surface area contributed by atoms with Gasteiger partial charge in [0.2, 0.25) is 5.91 Å². The largest absolute Gasteiger partial charge is 0.373 e. The number of carbonyl (C=O) groups excluding carboxylic acids is 1. The quantitative estimate of drug-likeness (QED) is 0.424. The molecule has 0 N–H and O–H groups in total. The Labute approximate surface area is 162 Å². The van der Waals surface area contributed by atoms with Crippen LogP contribution in [0.2, 0.25) is 0 Å².